The van der Waals surface area contributed by atoms with E-state index >= 15 is 0 Å². The van der Waals surface area contributed by atoms with E-state index in [1.165, 1.54) is 18.1 Å². The summed E-state index contributed by atoms with van der Waals surface area (Å²) in [7, 11) is 0. The summed E-state index contributed by atoms with van der Waals surface area (Å²) in [5.41, 5.74) is 7.73. The van der Waals surface area contributed by atoms with Crippen molar-refractivity contribution >= 4 is 47.1 Å². The molecule has 2 aliphatic rings. The summed E-state index contributed by atoms with van der Waals surface area (Å²) in [5.74, 6) is 0.499. The van der Waals surface area contributed by atoms with Crippen LogP contribution in [0.25, 0.3) is 0 Å². The zero-order chi connectivity index (χ0) is 50.6. The van der Waals surface area contributed by atoms with Gasteiger partial charge in [-0.15, -0.1) is 0 Å². The Balaban J connectivity index is 0.000000261. The van der Waals surface area contributed by atoms with Gasteiger partial charge in [-0.1, -0.05) is 50.2 Å². The van der Waals surface area contributed by atoms with E-state index in [2.05, 4.69) is 44.0 Å². The molecule has 0 radical (unpaired) electrons. The first-order chi connectivity index (χ1) is 33.6. The van der Waals surface area contributed by atoms with Gasteiger partial charge in [-0.2, -0.15) is 10.5 Å². The molecule has 0 unspecified atom stereocenters. The third-order valence-electron chi connectivity index (χ3n) is 12.5. The normalized spacial score (nSPS) is 13.7. The van der Waals surface area contributed by atoms with E-state index in [1.54, 1.807) is 24.3 Å². The largest absolute Gasteiger partial charge is 0.356 e. The molecule has 0 aliphatic carbocycles. The maximum atomic E-state index is 13.1. The minimum atomic E-state index is -0.348. The van der Waals surface area contributed by atoms with Crippen LogP contribution in [-0.2, 0) is 9.59 Å². The fraction of sp³-hybridized carbons (Fsp3) is 0.407. The fourth-order valence-corrected chi connectivity index (χ4v) is 8.23. The quantitative estimate of drug-likeness (QED) is 0.0646. The van der Waals surface area contributed by atoms with Gasteiger partial charge in [0.05, 0.1) is 23.3 Å². The number of hydrogen-bond donors (Lipinski definition) is 6. The van der Waals surface area contributed by atoms with E-state index in [4.69, 9.17) is 10.5 Å². The number of aryl methyl sites for hydroxylation is 2. The SMILES string of the molecule is CC(=O)NCCCNC(=O)Nc1cc(C(=O)N2CCC(c3ccc(C#N)cc3)CC2)ccc1C.Cc1ccc(C(=O)N2CCC(c3ccc(C#N)cc3)CC2)cc1NC(=O)NCCCNC(=O)C(C)C. The standard InChI is InChI=1S/C28H35N5O3.C26H31N5O3/c1-19(2)26(34)30-13-4-14-31-28(36)32-25-17-24(8-5-20(25)3)27(35)33-15-11-23(12-16-33)22-9-6-21(18-29)7-10-22;1-18-4-7-23(16-24(18)30-26(34)29-13-3-12-28-19(2)32)25(33)31-14-10-22(11-15-31)21-8-5-20(17-27)6-9-21/h5-10,17,19,23H,4,11-16H2,1-3H3,(H,30,34)(H2,31,32,36);4-9,16,22H,3,10-15H2,1-2H3,(H,28,32)(H2,29,30,34). The molecule has 0 bridgehead atoms. The molecule has 0 aromatic heterocycles. The number of urea groups is 2. The van der Waals surface area contributed by atoms with Crippen molar-refractivity contribution in [2.45, 2.75) is 85.0 Å². The lowest BCUT2D eigenvalue weighted by atomic mass is 9.89. The molecule has 2 heterocycles. The van der Waals surface area contributed by atoms with Gasteiger partial charge in [-0.3, -0.25) is 19.2 Å². The molecule has 0 saturated carbocycles. The van der Waals surface area contributed by atoms with Crippen LogP contribution in [0.4, 0.5) is 21.0 Å². The minimum Gasteiger partial charge on any atom is -0.356 e. The summed E-state index contributed by atoms with van der Waals surface area (Å²) in [6.45, 7) is 13.4. The Morgan fingerprint density at radius 1 is 0.557 bits per heavy atom. The smallest absolute Gasteiger partial charge is 0.319 e. The molecule has 16 heteroatoms. The monoisotopic (exact) mass is 951 g/mol. The van der Waals surface area contributed by atoms with E-state index in [-0.39, 0.29) is 41.6 Å². The van der Waals surface area contributed by atoms with Crippen LogP contribution in [0.1, 0.15) is 125 Å². The number of carbonyl (C=O) groups is 6. The predicted molar refractivity (Wildman–Crippen MR) is 270 cm³/mol. The topological polar surface area (TPSA) is 229 Å². The second-order valence-electron chi connectivity index (χ2n) is 18.1. The second-order valence-corrected chi connectivity index (χ2v) is 18.1. The molecule has 4 aromatic rings. The fourth-order valence-electron chi connectivity index (χ4n) is 8.23. The Bertz CT molecular complexity index is 2530. The molecule has 2 aliphatic heterocycles. The van der Waals surface area contributed by atoms with Crippen molar-refractivity contribution < 1.29 is 28.8 Å². The number of likely N-dealkylation sites (tertiary alicyclic amines) is 2. The second kappa shape index (κ2) is 26.7. The molecule has 16 nitrogen and oxygen atoms in total. The van der Waals surface area contributed by atoms with Crippen molar-refractivity contribution in [1.82, 2.24) is 31.1 Å². The van der Waals surface area contributed by atoms with E-state index in [1.807, 2.05) is 98.2 Å². The number of amides is 8. The van der Waals surface area contributed by atoms with Gasteiger partial charge in [0, 0.05) is 87.7 Å². The molecular weight excluding hydrogens is 885 g/mol. The Kier molecular flexibility index (Phi) is 20.3. The lowest BCUT2D eigenvalue weighted by Crippen LogP contribution is -2.38. The average Bonchev–Trinajstić information content (AvgIpc) is 3.37. The predicted octanol–water partition coefficient (Wildman–Crippen LogP) is 7.70. The molecule has 70 heavy (non-hydrogen) atoms. The third kappa shape index (κ3) is 16.2. The number of carbonyl (C=O) groups excluding carboxylic acids is 6. The summed E-state index contributed by atoms with van der Waals surface area (Å²) >= 11 is 0. The van der Waals surface area contributed by atoms with Gasteiger partial charge in [-0.25, -0.2) is 9.59 Å². The molecule has 8 amide bonds. The van der Waals surface area contributed by atoms with Gasteiger partial charge >= 0.3 is 12.1 Å². The van der Waals surface area contributed by atoms with Crippen LogP contribution in [0.5, 0.6) is 0 Å². The highest BCUT2D eigenvalue weighted by atomic mass is 16.2. The lowest BCUT2D eigenvalue weighted by molar-refractivity contribution is -0.124. The summed E-state index contributed by atoms with van der Waals surface area (Å²) in [6.07, 6.45) is 4.74. The Morgan fingerprint density at radius 2 is 0.929 bits per heavy atom. The van der Waals surface area contributed by atoms with Crippen LogP contribution in [0.15, 0.2) is 84.9 Å². The lowest BCUT2D eigenvalue weighted by Gasteiger charge is -2.32. The number of nitrogens with one attached hydrogen (secondary N) is 6. The Morgan fingerprint density at radius 3 is 1.29 bits per heavy atom. The molecule has 0 atom stereocenters. The molecule has 368 valence electrons. The van der Waals surface area contributed by atoms with Crippen LogP contribution in [0, 0.1) is 42.4 Å². The van der Waals surface area contributed by atoms with E-state index < -0.39 is 0 Å². The summed E-state index contributed by atoms with van der Waals surface area (Å²) < 4.78 is 0. The average molecular weight is 951 g/mol. The van der Waals surface area contributed by atoms with Crippen molar-refractivity contribution in [3.05, 3.63) is 129 Å². The first-order valence-electron chi connectivity index (χ1n) is 24.1. The van der Waals surface area contributed by atoms with E-state index in [0.29, 0.717) is 111 Å². The number of nitrogens with zero attached hydrogens (tertiary/aromatic N) is 4. The van der Waals surface area contributed by atoms with Crippen LogP contribution in [0.2, 0.25) is 0 Å². The molecular formula is C54H66N10O6. The highest BCUT2D eigenvalue weighted by Gasteiger charge is 2.27. The van der Waals surface area contributed by atoms with Crippen molar-refractivity contribution in [2.24, 2.45) is 5.92 Å². The molecule has 6 rings (SSSR count). The van der Waals surface area contributed by atoms with Gasteiger partial charge in [-0.05, 0) is 135 Å². The number of benzene rings is 4. The van der Waals surface area contributed by atoms with Gasteiger partial charge in [0.1, 0.15) is 0 Å². The third-order valence-corrected chi connectivity index (χ3v) is 12.5. The van der Waals surface area contributed by atoms with Crippen molar-refractivity contribution in [2.75, 3.05) is 63.0 Å². The Labute approximate surface area is 411 Å². The highest BCUT2D eigenvalue weighted by molar-refractivity contribution is 5.98. The van der Waals surface area contributed by atoms with Crippen molar-refractivity contribution in [3.63, 3.8) is 0 Å². The number of anilines is 2. The van der Waals surface area contributed by atoms with Gasteiger partial charge in [0.2, 0.25) is 11.8 Å². The first-order valence-corrected chi connectivity index (χ1v) is 24.1. The zero-order valence-corrected chi connectivity index (χ0v) is 41.0. The van der Waals surface area contributed by atoms with Gasteiger partial charge < -0.3 is 41.7 Å². The molecule has 4 aromatic carbocycles. The minimum absolute atomic E-state index is 0.00459. The van der Waals surface area contributed by atoms with Crippen LogP contribution >= 0.6 is 0 Å². The summed E-state index contributed by atoms with van der Waals surface area (Å²) in [5, 5.41) is 34.6. The number of piperidine rings is 2. The first kappa shape index (κ1) is 53.2. The molecule has 6 N–H and O–H groups in total. The summed E-state index contributed by atoms with van der Waals surface area (Å²) in [6, 6.07) is 29.7. The van der Waals surface area contributed by atoms with Gasteiger partial charge in [0.15, 0.2) is 0 Å². The van der Waals surface area contributed by atoms with Crippen molar-refractivity contribution in [3.8, 4) is 12.1 Å². The number of hydrogen-bond acceptors (Lipinski definition) is 8. The Hall–Kier alpha value is -7.72. The number of rotatable bonds is 15. The summed E-state index contributed by atoms with van der Waals surface area (Å²) in [4.78, 5) is 77.0. The van der Waals surface area contributed by atoms with Crippen LogP contribution in [0.3, 0.4) is 0 Å². The van der Waals surface area contributed by atoms with Crippen molar-refractivity contribution in [1.29, 1.82) is 10.5 Å². The maximum absolute atomic E-state index is 13.1. The van der Waals surface area contributed by atoms with Crippen LogP contribution in [-0.4, -0.2) is 97.8 Å². The molecule has 2 fully saturated rings. The molecule has 0 spiro atoms. The highest BCUT2D eigenvalue weighted by Crippen LogP contribution is 2.31. The van der Waals surface area contributed by atoms with Crippen LogP contribution < -0.4 is 31.9 Å². The maximum Gasteiger partial charge on any atom is 0.319 e. The van der Waals surface area contributed by atoms with E-state index in [0.717, 1.165) is 36.8 Å². The molecule has 2 saturated heterocycles. The van der Waals surface area contributed by atoms with Gasteiger partial charge in [0.25, 0.3) is 11.8 Å². The zero-order valence-electron chi connectivity index (χ0n) is 41.0. The number of nitriles is 2. The van der Waals surface area contributed by atoms with E-state index in [9.17, 15) is 28.8 Å².